The van der Waals surface area contributed by atoms with Crippen LogP contribution in [0.15, 0.2) is 66.7 Å². The third kappa shape index (κ3) is 2.65. The molecular formula is C19H16O2. The number of carbonyl (C=O) groups excluding carboxylic acids is 1. The lowest BCUT2D eigenvalue weighted by Gasteiger charge is -2.04. The van der Waals surface area contributed by atoms with E-state index in [2.05, 4.69) is 18.2 Å². The Morgan fingerprint density at radius 1 is 0.952 bits per heavy atom. The Morgan fingerprint density at radius 3 is 2.33 bits per heavy atom. The van der Waals surface area contributed by atoms with Gasteiger partial charge in [0.2, 0.25) is 0 Å². The number of ether oxygens (including phenoxy) is 1. The fourth-order valence-corrected chi connectivity index (χ4v) is 2.65. The first-order valence-corrected chi connectivity index (χ1v) is 6.92. The number of methoxy groups -OCH3 is 1. The molecule has 0 unspecified atom stereocenters. The Kier molecular flexibility index (Phi) is 3.69. The molecule has 21 heavy (non-hydrogen) atoms. The summed E-state index contributed by atoms with van der Waals surface area (Å²) < 4.78 is 4.97. The van der Waals surface area contributed by atoms with Gasteiger partial charge in [-0.25, -0.2) is 4.79 Å². The molecule has 2 heteroatoms. The molecule has 1 aromatic carbocycles. The molecular weight excluding hydrogens is 260 g/mol. The molecule has 2 aliphatic carbocycles. The van der Waals surface area contributed by atoms with Crippen LogP contribution < -0.4 is 0 Å². The Bertz CT molecular complexity index is 732. The van der Waals surface area contributed by atoms with E-state index in [9.17, 15) is 4.79 Å². The standard InChI is InChI=1S/C19H16O2/c1-21-19(20)18-16(12-14-8-4-2-5-9-14)13-15-10-6-3-7-11-17(15)18/h2-11,13H,12H2,1H3. The van der Waals surface area contributed by atoms with Gasteiger partial charge in [0, 0.05) is 0 Å². The Hall–Kier alpha value is -2.61. The van der Waals surface area contributed by atoms with E-state index in [0.717, 1.165) is 23.1 Å². The average Bonchev–Trinajstić information content (AvgIpc) is 2.69. The third-order valence-corrected chi connectivity index (χ3v) is 3.62. The summed E-state index contributed by atoms with van der Waals surface area (Å²) in [7, 11) is 1.43. The van der Waals surface area contributed by atoms with E-state index in [1.807, 2.05) is 48.5 Å². The molecule has 0 fully saturated rings. The Morgan fingerprint density at radius 2 is 1.62 bits per heavy atom. The van der Waals surface area contributed by atoms with Gasteiger partial charge in [-0.3, -0.25) is 0 Å². The van der Waals surface area contributed by atoms with Crippen LogP contribution >= 0.6 is 0 Å². The van der Waals surface area contributed by atoms with Crippen molar-refractivity contribution in [3.05, 3.63) is 83.4 Å². The topological polar surface area (TPSA) is 26.3 Å². The largest absolute Gasteiger partial charge is 0.465 e. The molecule has 2 nitrogen and oxygen atoms in total. The number of hydrogen-bond acceptors (Lipinski definition) is 2. The van der Waals surface area contributed by atoms with Crippen molar-refractivity contribution < 1.29 is 9.53 Å². The van der Waals surface area contributed by atoms with Gasteiger partial charge in [-0.05, 0) is 34.7 Å². The van der Waals surface area contributed by atoms with Crippen LogP contribution in [-0.2, 0) is 11.2 Å². The molecule has 0 saturated carbocycles. The van der Waals surface area contributed by atoms with Crippen LogP contribution in [0.25, 0.3) is 11.1 Å². The fraction of sp³-hybridized carbons (Fsp3) is 0.105. The molecule has 0 bridgehead atoms. The SMILES string of the molecule is COC(=O)c1c(Cc2ccccc2)cc2cccccc1-2. The van der Waals surface area contributed by atoms with Crippen LogP contribution in [0.3, 0.4) is 0 Å². The van der Waals surface area contributed by atoms with Gasteiger partial charge in [-0.2, -0.15) is 0 Å². The van der Waals surface area contributed by atoms with Crippen molar-refractivity contribution in [2.24, 2.45) is 0 Å². The summed E-state index contributed by atoms with van der Waals surface area (Å²) in [5.74, 6) is -0.276. The zero-order valence-electron chi connectivity index (χ0n) is 11.9. The second kappa shape index (κ2) is 5.80. The van der Waals surface area contributed by atoms with Crippen LogP contribution in [0.2, 0.25) is 0 Å². The molecule has 0 spiro atoms. The maximum absolute atomic E-state index is 12.2. The van der Waals surface area contributed by atoms with Crippen molar-refractivity contribution in [2.75, 3.05) is 7.11 Å². The second-order valence-corrected chi connectivity index (χ2v) is 4.98. The number of benzene rings is 1. The molecule has 0 amide bonds. The van der Waals surface area contributed by atoms with Crippen molar-refractivity contribution in [3.63, 3.8) is 0 Å². The summed E-state index contributed by atoms with van der Waals surface area (Å²) in [6, 6.07) is 22.1. The van der Waals surface area contributed by atoms with Crippen LogP contribution in [0.5, 0.6) is 0 Å². The van der Waals surface area contributed by atoms with E-state index in [-0.39, 0.29) is 5.97 Å². The van der Waals surface area contributed by atoms with Crippen molar-refractivity contribution in [1.82, 2.24) is 0 Å². The molecule has 2 aliphatic rings. The maximum Gasteiger partial charge on any atom is 0.338 e. The van der Waals surface area contributed by atoms with Gasteiger partial charge in [0.15, 0.2) is 0 Å². The van der Waals surface area contributed by atoms with E-state index in [4.69, 9.17) is 4.74 Å². The van der Waals surface area contributed by atoms with Crippen molar-refractivity contribution in [1.29, 1.82) is 0 Å². The van der Waals surface area contributed by atoms with Crippen molar-refractivity contribution in [3.8, 4) is 11.1 Å². The molecule has 0 heterocycles. The van der Waals surface area contributed by atoms with Gasteiger partial charge in [0.25, 0.3) is 0 Å². The highest BCUT2D eigenvalue weighted by atomic mass is 16.5. The van der Waals surface area contributed by atoms with Crippen molar-refractivity contribution >= 4 is 5.97 Å². The van der Waals surface area contributed by atoms with Gasteiger partial charge < -0.3 is 4.74 Å². The molecule has 3 rings (SSSR count). The lowest BCUT2D eigenvalue weighted by molar-refractivity contribution is 0.0601. The quantitative estimate of drug-likeness (QED) is 0.671. The maximum atomic E-state index is 12.2. The number of esters is 1. The molecule has 0 atom stereocenters. The predicted octanol–water partition coefficient (Wildman–Crippen LogP) is 4.17. The fourth-order valence-electron chi connectivity index (χ4n) is 2.65. The summed E-state index contributed by atoms with van der Waals surface area (Å²) in [4.78, 5) is 12.2. The highest BCUT2D eigenvalue weighted by molar-refractivity contribution is 6.00. The summed E-state index contributed by atoms with van der Waals surface area (Å²) in [6.45, 7) is 0. The zero-order valence-corrected chi connectivity index (χ0v) is 11.9. The lowest BCUT2D eigenvalue weighted by Crippen LogP contribution is -2.04. The van der Waals surface area contributed by atoms with E-state index in [0.29, 0.717) is 5.56 Å². The van der Waals surface area contributed by atoms with E-state index < -0.39 is 0 Å². The smallest absolute Gasteiger partial charge is 0.338 e. The molecule has 0 radical (unpaired) electrons. The first-order chi connectivity index (χ1) is 10.3. The summed E-state index contributed by atoms with van der Waals surface area (Å²) in [5.41, 5.74) is 4.87. The van der Waals surface area contributed by atoms with Crippen LogP contribution in [-0.4, -0.2) is 13.1 Å². The number of hydrogen-bond donors (Lipinski definition) is 0. The number of fused-ring (bicyclic) bond motifs is 1. The van der Waals surface area contributed by atoms with Crippen LogP contribution in [0.1, 0.15) is 21.5 Å². The van der Waals surface area contributed by atoms with Gasteiger partial charge in [0.1, 0.15) is 0 Å². The van der Waals surface area contributed by atoms with E-state index in [1.54, 1.807) is 0 Å². The third-order valence-electron chi connectivity index (χ3n) is 3.62. The predicted molar refractivity (Wildman–Crippen MR) is 83.7 cm³/mol. The first kappa shape index (κ1) is 13.4. The van der Waals surface area contributed by atoms with Crippen LogP contribution in [0.4, 0.5) is 0 Å². The molecule has 0 saturated heterocycles. The Balaban J connectivity index is 2.13. The van der Waals surface area contributed by atoms with E-state index in [1.165, 1.54) is 12.7 Å². The number of carbonyl (C=O) groups is 1. The average molecular weight is 276 g/mol. The lowest BCUT2D eigenvalue weighted by atomic mass is 10.0. The Labute approximate surface area is 124 Å². The highest BCUT2D eigenvalue weighted by Crippen LogP contribution is 2.33. The molecule has 104 valence electrons. The molecule has 0 aliphatic heterocycles. The van der Waals surface area contributed by atoms with Gasteiger partial charge >= 0.3 is 5.97 Å². The minimum Gasteiger partial charge on any atom is -0.465 e. The molecule has 0 N–H and O–H groups in total. The van der Waals surface area contributed by atoms with Crippen molar-refractivity contribution in [2.45, 2.75) is 6.42 Å². The molecule has 1 aromatic rings. The van der Waals surface area contributed by atoms with Gasteiger partial charge in [0.05, 0.1) is 12.7 Å². The first-order valence-electron chi connectivity index (χ1n) is 6.92. The minimum atomic E-state index is -0.276. The highest BCUT2D eigenvalue weighted by Gasteiger charge is 2.21. The summed E-state index contributed by atoms with van der Waals surface area (Å²) in [6.07, 6.45) is 0.726. The number of rotatable bonds is 3. The summed E-state index contributed by atoms with van der Waals surface area (Å²) >= 11 is 0. The zero-order chi connectivity index (χ0) is 14.7. The van der Waals surface area contributed by atoms with Gasteiger partial charge in [-0.1, -0.05) is 60.7 Å². The monoisotopic (exact) mass is 276 g/mol. The summed E-state index contributed by atoms with van der Waals surface area (Å²) in [5, 5.41) is 0. The molecule has 0 aromatic heterocycles. The van der Waals surface area contributed by atoms with Crippen LogP contribution in [0, 0.1) is 0 Å². The second-order valence-electron chi connectivity index (χ2n) is 4.98. The normalized spacial score (nSPS) is 10.5. The van der Waals surface area contributed by atoms with Gasteiger partial charge in [-0.15, -0.1) is 0 Å². The van der Waals surface area contributed by atoms with E-state index >= 15 is 0 Å². The minimum absolute atomic E-state index is 0.276.